The average Bonchev–Trinajstić information content (AvgIpc) is 2.19. The van der Waals surface area contributed by atoms with Gasteiger partial charge in [-0.15, -0.1) is 0 Å². The third kappa shape index (κ3) is 4.62. The molecule has 0 bridgehead atoms. The Bertz CT molecular complexity index is 213. The van der Waals surface area contributed by atoms with Crippen molar-refractivity contribution < 1.29 is 9.57 Å². The highest BCUT2D eigenvalue weighted by atomic mass is 16.6. The molecule has 0 aliphatic carbocycles. The summed E-state index contributed by atoms with van der Waals surface area (Å²) in [4.78, 5) is 4.41. The lowest BCUT2D eigenvalue weighted by molar-refractivity contribution is 0.0762. The number of rotatable bonds is 6. The normalized spacial score (nSPS) is 10.2. The molecule has 13 heavy (non-hydrogen) atoms. The molecule has 0 aromatic heterocycles. The Balaban J connectivity index is 2.07. The molecule has 0 unspecified atom stereocenters. The molecule has 3 heteroatoms. The Morgan fingerprint density at radius 2 is 1.85 bits per heavy atom. The van der Waals surface area contributed by atoms with Crippen molar-refractivity contribution >= 4 is 0 Å². The molecule has 3 nitrogen and oxygen atoms in total. The van der Waals surface area contributed by atoms with E-state index in [1.165, 1.54) is 5.56 Å². The zero-order valence-electron chi connectivity index (χ0n) is 7.61. The molecule has 0 aliphatic heterocycles. The second-order valence-electron chi connectivity index (χ2n) is 2.76. The maximum Gasteiger partial charge on any atom is 0.0716 e. The van der Waals surface area contributed by atoms with Crippen LogP contribution in [0.5, 0.6) is 0 Å². The van der Waals surface area contributed by atoms with Crippen molar-refractivity contribution in [1.82, 2.24) is 0 Å². The standard InChI is InChI=1S/C10H15NO2/c11-13-8-4-7-12-9-10-5-2-1-3-6-10/h1-3,5-6H,4,7-9,11H2. The van der Waals surface area contributed by atoms with E-state index in [1.54, 1.807) is 0 Å². The summed E-state index contributed by atoms with van der Waals surface area (Å²) < 4.78 is 5.39. The first kappa shape index (κ1) is 10.2. The lowest BCUT2D eigenvalue weighted by atomic mass is 10.2. The lowest BCUT2D eigenvalue weighted by Gasteiger charge is -2.02. The number of hydrogen-bond acceptors (Lipinski definition) is 3. The quantitative estimate of drug-likeness (QED) is 0.534. The minimum absolute atomic E-state index is 0.550. The van der Waals surface area contributed by atoms with E-state index in [1.807, 2.05) is 30.3 Å². The minimum Gasteiger partial charge on any atom is -0.377 e. The molecule has 1 aromatic carbocycles. The predicted octanol–water partition coefficient (Wildman–Crippen LogP) is 1.48. The van der Waals surface area contributed by atoms with E-state index in [0.29, 0.717) is 19.8 Å². The zero-order chi connectivity index (χ0) is 9.36. The van der Waals surface area contributed by atoms with E-state index < -0.39 is 0 Å². The van der Waals surface area contributed by atoms with Gasteiger partial charge in [-0.3, -0.25) is 0 Å². The number of nitrogens with two attached hydrogens (primary N) is 1. The van der Waals surface area contributed by atoms with Crippen LogP contribution in [0.3, 0.4) is 0 Å². The predicted molar refractivity (Wildman–Crippen MR) is 50.9 cm³/mol. The lowest BCUT2D eigenvalue weighted by Crippen LogP contribution is -2.04. The summed E-state index contributed by atoms with van der Waals surface area (Å²) >= 11 is 0. The van der Waals surface area contributed by atoms with E-state index in [2.05, 4.69) is 4.84 Å². The fourth-order valence-corrected chi connectivity index (χ4v) is 1.01. The van der Waals surface area contributed by atoms with Crippen LogP contribution in [-0.2, 0) is 16.2 Å². The van der Waals surface area contributed by atoms with Crippen molar-refractivity contribution in [3.8, 4) is 0 Å². The Hall–Kier alpha value is -0.900. The van der Waals surface area contributed by atoms with Crippen molar-refractivity contribution in [3.63, 3.8) is 0 Å². The first-order valence-corrected chi connectivity index (χ1v) is 4.37. The highest BCUT2D eigenvalue weighted by Crippen LogP contribution is 2.00. The molecule has 72 valence electrons. The smallest absolute Gasteiger partial charge is 0.0716 e. The van der Waals surface area contributed by atoms with Gasteiger partial charge in [-0.05, 0) is 12.0 Å². The Kier molecular flexibility index (Phi) is 5.17. The van der Waals surface area contributed by atoms with Crippen LogP contribution < -0.4 is 5.90 Å². The van der Waals surface area contributed by atoms with E-state index in [4.69, 9.17) is 10.6 Å². The molecule has 0 aliphatic rings. The van der Waals surface area contributed by atoms with Crippen LogP contribution in [0.4, 0.5) is 0 Å². The van der Waals surface area contributed by atoms with Crippen LogP contribution >= 0.6 is 0 Å². The molecule has 2 N–H and O–H groups in total. The summed E-state index contributed by atoms with van der Waals surface area (Å²) in [6.07, 6.45) is 0.837. The van der Waals surface area contributed by atoms with Crippen LogP contribution in [0, 0.1) is 0 Å². The largest absolute Gasteiger partial charge is 0.377 e. The van der Waals surface area contributed by atoms with Crippen LogP contribution in [0.1, 0.15) is 12.0 Å². The van der Waals surface area contributed by atoms with Gasteiger partial charge in [0.2, 0.25) is 0 Å². The van der Waals surface area contributed by atoms with Gasteiger partial charge in [-0.1, -0.05) is 30.3 Å². The molecule has 0 radical (unpaired) electrons. The monoisotopic (exact) mass is 181 g/mol. The first-order valence-electron chi connectivity index (χ1n) is 4.37. The van der Waals surface area contributed by atoms with Crippen molar-refractivity contribution in [2.75, 3.05) is 13.2 Å². The molecular formula is C10H15NO2. The highest BCUT2D eigenvalue weighted by molar-refractivity contribution is 5.13. The maximum atomic E-state index is 5.39. The highest BCUT2D eigenvalue weighted by Gasteiger charge is 1.91. The minimum atomic E-state index is 0.550. The summed E-state index contributed by atoms with van der Waals surface area (Å²) in [5.74, 6) is 4.87. The van der Waals surface area contributed by atoms with Crippen LogP contribution in [0.25, 0.3) is 0 Å². The van der Waals surface area contributed by atoms with Gasteiger partial charge >= 0.3 is 0 Å². The van der Waals surface area contributed by atoms with Gasteiger partial charge in [0.15, 0.2) is 0 Å². The molecule has 0 amide bonds. The maximum absolute atomic E-state index is 5.39. The SMILES string of the molecule is NOCCCOCc1ccccc1. The second kappa shape index (κ2) is 6.60. The van der Waals surface area contributed by atoms with Gasteiger partial charge in [0, 0.05) is 6.61 Å². The van der Waals surface area contributed by atoms with E-state index in [-0.39, 0.29) is 0 Å². The van der Waals surface area contributed by atoms with Crippen molar-refractivity contribution in [1.29, 1.82) is 0 Å². The third-order valence-electron chi connectivity index (χ3n) is 1.66. The number of benzene rings is 1. The summed E-state index contributed by atoms with van der Waals surface area (Å²) in [6, 6.07) is 10.1. The summed E-state index contributed by atoms with van der Waals surface area (Å²) in [7, 11) is 0. The first-order chi connectivity index (χ1) is 6.43. The van der Waals surface area contributed by atoms with E-state index in [0.717, 1.165) is 6.42 Å². The molecular weight excluding hydrogens is 166 g/mol. The third-order valence-corrected chi connectivity index (χ3v) is 1.66. The summed E-state index contributed by atoms with van der Waals surface area (Å²) in [5, 5.41) is 0. The van der Waals surface area contributed by atoms with Gasteiger partial charge in [-0.25, -0.2) is 5.90 Å². The molecule has 0 saturated carbocycles. The average molecular weight is 181 g/mol. The molecule has 0 atom stereocenters. The molecule has 0 saturated heterocycles. The second-order valence-corrected chi connectivity index (χ2v) is 2.76. The zero-order valence-corrected chi connectivity index (χ0v) is 7.61. The van der Waals surface area contributed by atoms with Crippen LogP contribution in [-0.4, -0.2) is 13.2 Å². The summed E-state index contributed by atoms with van der Waals surface area (Å²) in [5.41, 5.74) is 1.19. The molecule has 0 spiro atoms. The Morgan fingerprint density at radius 1 is 1.08 bits per heavy atom. The van der Waals surface area contributed by atoms with Gasteiger partial charge in [0.05, 0.1) is 13.2 Å². The van der Waals surface area contributed by atoms with Gasteiger partial charge in [0.1, 0.15) is 0 Å². The van der Waals surface area contributed by atoms with Crippen LogP contribution in [0.15, 0.2) is 30.3 Å². The van der Waals surface area contributed by atoms with Crippen molar-refractivity contribution in [2.24, 2.45) is 5.90 Å². The molecule has 1 rings (SSSR count). The van der Waals surface area contributed by atoms with E-state index >= 15 is 0 Å². The Morgan fingerprint density at radius 3 is 2.54 bits per heavy atom. The van der Waals surface area contributed by atoms with E-state index in [9.17, 15) is 0 Å². The van der Waals surface area contributed by atoms with Gasteiger partial charge < -0.3 is 9.57 Å². The molecule has 0 heterocycles. The number of hydrogen-bond donors (Lipinski definition) is 1. The van der Waals surface area contributed by atoms with Crippen LogP contribution in [0.2, 0.25) is 0 Å². The topological polar surface area (TPSA) is 44.5 Å². The molecule has 1 aromatic rings. The van der Waals surface area contributed by atoms with Gasteiger partial charge in [-0.2, -0.15) is 0 Å². The fourth-order valence-electron chi connectivity index (χ4n) is 1.01. The fraction of sp³-hybridized carbons (Fsp3) is 0.400. The Labute approximate surface area is 78.4 Å². The van der Waals surface area contributed by atoms with Crippen molar-refractivity contribution in [2.45, 2.75) is 13.0 Å². The molecule has 0 fully saturated rings. The number of ether oxygens (including phenoxy) is 1. The van der Waals surface area contributed by atoms with Crippen molar-refractivity contribution in [3.05, 3.63) is 35.9 Å². The van der Waals surface area contributed by atoms with Gasteiger partial charge in [0.25, 0.3) is 0 Å². The summed E-state index contributed by atoms with van der Waals surface area (Å²) in [6.45, 7) is 1.90.